The van der Waals surface area contributed by atoms with Gasteiger partial charge in [-0.05, 0) is 12.1 Å². The summed E-state index contributed by atoms with van der Waals surface area (Å²) in [5.74, 6) is 1.73. The van der Waals surface area contributed by atoms with Gasteiger partial charge in [-0.25, -0.2) is 4.98 Å². The van der Waals surface area contributed by atoms with Crippen molar-refractivity contribution in [2.45, 2.75) is 24.9 Å². The van der Waals surface area contributed by atoms with Crippen LogP contribution in [-0.4, -0.2) is 40.1 Å². The second-order valence-electron chi connectivity index (χ2n) is 4.83. The third kappa shape index (κ3) is 5.40. The highest BCUT2D eigenvalue weighted by atomic mass is 32.2. The number of aromatic amines is 1. The predicted molar refractivity (Wildman–Crippen MR) is 84.1 cm³/mol. The average molecular weight is 321 g/mol. The van der Waals surface area contributed by atoms with Crippen LogP contribution in [-0.2, 0) is 9.53 Å². The number of carbonyl (C=O) groups is 1. The Balaban J connectivity index is 1.61. The van der Waals surface area contributed by atoms with E-state index in [-0.39, 0.29) is 24.2 Å². The second-order valence-corrected chi connectivity index (χ2v) is 5.77. The highest BCUT2D eigenvalue weighted by molar-refractivity contribution is 7.99. The topological polar surface area (TPSA) is 77.1 Å². The number of ether oxygens (including phenoxy) is 2. The molecule has 0 saturated carbocycles. The van der Waals surface area contributed by atoms with Gasteiger partial charge in [0.25, 0.3) is 0 Å². The first-order valence-corrected chi connectivity index (χ1v) is 8.02. The number of H-pyrrole nitrogens is 1. The summed E-state index contributed by atoms with van der Waals surface area (Å²) in [7, 11) is 0. The molecule has 7 heteroatoms. The number of nitrogens with zero attached hydrogens (tertiary/aromatic N) is 2. The molecule has 118 valence electrons. The fourth-order valence-corrected chi connectivity index (χ4v) is 2.18. The molecule has 0 bridgehead atoms. The number of rotatable bonds is 8. The molecule has 0 aliphatic carbocycles. The van der Waals surface area contributed by atoms with Crippen LogP contribution in [0.4, 0.5) is 0 Å². The highest BCUT2D eigenvalue weighted by Gasteiger charge is 2.10. The summed E-state index contributed by atoms with van der Waals surface area (Å²) in [6.45, 7) is 4.60. The maximum Gasteiger partial charge on any atom is 0.316 e. The van der Waals surface area contributed by atoms with Gasteiger partial charge in [-0.3, -0.25) is 9.89 Å². The van der Waals surface area contributed by atoms with Gasteiger partial charge in [0.2, 0.25) is 5.16 Å². The standard InChI is InChI=1S/C15H19N3O3S/c1-11(2)14-16-15(18-17-14)22-10-13(19)21-9-8-20-12-6-4-3-5-7-12/h3-7,11H,8-10H2,1-2H3,(H,16,17,18). The quantitative estimate of drug-likeness (QED) is 0.457. The Hall–Kier alpha value is -2.02. The van der Waals surface area contributed by atoms with E-state index in [0.29, 0.717) is 11.8 Å². The fraction of sp³-hybridized carbons (Fsp3) is 0.400. The molecular formula is C15H19N3O3S. The number of esters is 1. The normalized spacial score (nSPS) is 10.7. The summed E-state index contributed by atoms with van der Waals surface area (Å²) in [4.78, 5) is 15.9. The van der Waals surface area contributed by atoms with Crippen LogP contribution in [0, 0.1) is 0 Å². The molecule has 0 fully saturated rings. The molecule has 6 nitrogen and oxygen atoms in total. The Bertz CT molecular complexity index is 587. The molecule has 0 spiro atoms. The van der Waals surface area contributed by atoms with Gasteiger partial charge >= 0.3 is 5.97 Å². The largest absolute Gasteiger partial charge is 0.490 e. The lowest BCUT2D eigenvalue weighted by molar-refractivity contribution is -0.141. The minimum atomic E-state index is -0.308. The molecule has 0 atom stereocenters. The molecule has 0 aliphatic heterocycles. The predicted octanol–water partition coefficient (Wildman–Crippen LogP) is 2.64. The number of para-hydroxylation sites is 1. The smallest absolute Gasteiger partial charge is 0.316 e. The van der Waals surface area contributed by atoms with E-state index < -0.39 is 0 Å². The van der Waals surface area contributed by atoms with Crippen LogP contribution >= 0.6 is 11.8 Å². The minimum Gasteiger partial charge on any atom is -0.490 e. The SMILES string of the molecule is CC(C)c1nc(SCC(=O)OCCOc2ccccc2)n[nH]1. The molecule has 0 unspecified atom stereocenters. The number of benzene rings is 1. The summed E-state index contributed by atoms with van der Waals surface area (Å²) in [5.41, 5.74) is 0. The Morgan fingerprint density at radius 3 is 2.73 bits per heavy atom. The van der Waals surface area contributed by atoms with Crippen molar-refractivity contribution in [3.05, 3.63) is 36.2 Å². The number of aromatic nitrogens is 3. The average Bonchev–Trinajstić information content (AvgIpc) is 3.00. The van der Waals surface area contributed by atoms with Crippen molar-refractivity contribution in [2.75, 3.05) is 19.0 Å². The molecule has 2 rings (SSSR count). The number of nitrogens with one attached hydrogen (secondary N) is 1. The molecule has 22 heavy (non-hydrogen) atoms. The van der Waals surface area contributed by atoms with E-state index in [1.807, 2.05) is 44.2 Å². The van der Waals surface area contributed by atoms with Crippen LogP contribution in [0.3, 0.4) is 0 Å². The Morgan fingerprint density at radius 1 is 1.27 bits per heavy atom. The summed E-state index contributed by atoms with van der Waals surface area (Å²) in [5, 5.41) is 7.44. The molecule has 1 heterocycles. The van der Waals surface area contributed by atoms with Gasteiger partial charge in [-0.15, -0.1) is 5.10 Å². The van der Waals surface area contributed by atoms with Gasteiger partial charge in [0.05, 0.1) is 5.75 Å². The molecule has 2 aromatic rings. The van der Waals surface area contributed by atoms with E-state index in [1.54, 1.807) is 0 Å². The van der Waals surface area contributed by atoms with Crippen molar-refractivity contribution in [1.29, 1.82) is 0 Å². The van der Waals surface area contributed by atoms with E-state index in [2.05, 4.69) is 15.2 Å². The van der Waals surface area contributed by atoms with Crippen molar-refractivity contribution in [2.24, 2.45) is 0 Å². The maximum atomic E-state index is 11.6. The molecule has 0 radical (unpaired) electrons. The number of hydrogen-bond acceptors (Lipinski definition) is 6. The molecule has 0 aliphatic rings. The van der Waals surface area contributed by atoms with Crippen LogP contribution < -0.4 is 4.74 Å². The van der Waals surface area contributed by atoms with E-state index in [4.69, 9.17) is 9.47 Å². The van der Waals surface area contributed by atoms with Crippen molar-refractivity contribution in [3.8, 4) is 5.75 Å². The summed E-state index contributed by atoms with van der Waals surface area (Å²) < 4.78 is 10.5. The van der Waals surface area contributed by atoms with E-state index in [0.717, 1.165) is 11.6 Å². The zero-order chi connectivity index (χ0) is 15.8. The van der Waals surface area contributed by atoms with Crippen LogP contribution in [0.2, 0.25) is 0 Å². The van der Waals surface area contributed by atoms with Gasteiger partial charge in [0.15, 0.2) is 0 Å². The van der Waals surface area contributed by atoms with Crippen LogP contribution in [0.1, 0.15) is 25.6 Å². The van der Waals surface area contributed by atoms with Gasteiger partial charge in [0, 0.05) is 5.92 Å². The third-order valence-electron chi connectivity index (χ3n) is 2.71. The minimum absolute atomic E-state index is 0.181. The van der Waals surface area contributed by atoms with Gasteiger partial charge in [-0.1, -0.05) is 43.8 Å². The molecule has 0 saturated heterocycles. The lowest BCUT2D eigenvalue weighted by Gasteiger charge is -2.06. The molecule has 1 aromatic heterocycles. The van der Waals surface area contributed by atoms with Gasteiger partial charge in [-0.2, -0.15) is 0 Å². The molecule has 1 N–H and O–H groups in total. The number of hydrogen-bond donors (Lipinski definition) is 1. The van der Waals surface area contributed by atoms with E-state index >= 15 is 0 Å². The van der Waals surface area contributed by atoms with Crippen molar-refractivity contribution < 1.29 is 14.3 Å². The zero-order valence-electron chi connectivity index (χ0n) is 12.6. The van der Waals surface area contributed by atoms with E-state index in [9.17, 15) is 4.79 Å². The Morgan fingerprint density at radius 2 is 2.05 bits per heavy atom. The summed E-state index contributed by atoms with van der Waals surface area (Å²) >= 11 is 1.25. The maximum absolute atomic E-state index is 11.6. The monoisotopic (exact) mass is 321 g/mol. The highest BCUT2D eigenvalue weighted by Crippen LogP contribution is 2.16. The first-order chi connectivity index (χ1) is 10.6. The summed E-state index contributed by atoms with van der Waals surface area (Å²) in [6.07, 6.45) is 0. The van der Waals surface area contributed by atoms with Crippen molar-refractivity contribution in [1.82, 2.24) is 15.2 Å². The second kappa shape index (κ2) is 8.43. The van der Waals surface area contributed by atoms with Crippen LogP contribution in [0.25, 0.3) is 0 Å². The van der Waals surface area contributed by atoms with Crippen molar-refractivity contribution >= 4 is 17.7 Å². The summed E-state index contributed by atoms with van der Waals surface area (Å²) in [6, 6.07) is 9.40. The Labute approximate surface area is 133 Å². The number of thioether (sulfide) groups is 1. The zero-order valence-corrected chi connectivity index (χ0v) is 13.4. The third-order valence-corrected chi connectivity index (χ3v) is 3.53. The van der Waals surface area contributed by atoms with Crippen LogP contribution in [0.15, 0.2) is 35.5 Å². The van der Waals surface area contributed by atoms with Crippen LogP contribution in [0.5, 0.6) is 5.75 Å². The van der Waals surface area contributed by atoms with Gasteiger partial charge in [0.1, 0.15) is 24.8 Å². The lowest BCUT2D eigenvalue weighted by atomic mass is 10.2. The fourth-order valence-electron chi connectivity index (χ4n) is 1.58. The van der Waals surface area contributed by atoms with Gasteiger partial charge < -0.3 is 9.47 Å². The lowest BCUT2D eigenvalue weighted by Crippen LogP contribution is -2.13. The molecule has 0 amide bonds. The molecule has 1 aromatic carbocycles. The van der Waals surface area contributed by atoms with E-state index in [1.165, 1.54) is 11.8 Å². The number of carbonyl (C=O) groups excluding carboxylic acids is 1. The van der Waals surface area contributed by atoms with Crippen molar-refractivity contribution in [3.63, 3.8) is 0 Å². The Kier molecular flexibility index (Phi) is 6.27. The first kappa shape index (κ1) is 16.4. The first-order valence-electron chi connectivity index (χ1n) is 7.03. The molecular weight excluding hydrogens is 302 g/mol.